The Labute approximate surface area is 193 Å². The van der Waals surface area contributed by atoms with Crippen molar-refractivity contribution in [1.82, 2.24) is 25.1 Å². The van der Waals surface area contributed by atoms with Gasteiger partial charge in [-0.2, -0.15) is 13.2 Å². The van der Waals surface area contributed by atoms with Gasteiger partial charge in [0.2, 0.25) is 6.39 Å². The molecule has 0 saturated carbocycles. The van der Waals surface area contributed by atoms with E-state index in [-0.39, 0.29) is 22.8 Å². The summed E-state index contributed by atoms with van der Waals surface area (Å²) in [5.41, 5.74) is 0.885. The monoisotopic (exact) mass is 490 g/mol. The summed E-state index contributed by atoms with van der Waals surface area (Å²) >= 11 is 12.5. The van der Waals surface area contributed by atoms with Crippen molar-refractivity contribution in [2.45, 2.75) is 6.18 Å². The zero-order valence-electron chi connectivity index (χ0n) is 16.3. The van der Waals surface area contributed by atoms with Crippen LogP contribution in [-0.2, 0) is 6.18 Å². The summed E-state index contributed by atoms with van der Waals surface area (Å²) in [6.07, 6.45) is -2.53. The quantitative estimate of drug-likeness (QED) is 0.289. The average molecular weight is 491 g/mol. The number of hydrogen-bond acceptors (Lipinski definition) is 6. The zero-order valence-corrected chi connectivity index (χ0v) is 17.8. The summed E-state index contributed by atoms with van der Waals surface area (Å²) < 4.78 is 46.1. The molecule has 0 atom stereocenters. The molecule has 7 nitrogen and oxygen atoms in total. The highest BCUT2D eigenvalue weighted by atomic mass is 35.5. The number of fused-ring (bicyclic) bond motifs is 1. The molecule has 0 spiro atoms. The molecule has 0 aliphatic heterocycles. The molecular formula is C21H11Cl2F3N6O. The Hall–Kier alpha value is -3.63. The van der Waals surface area contributed by atoms with E-state index in [9.17, 15) is 13.2 Å². The molecule has 0 amide bonds. The Bertz CT molecular complexity index is 1450. The number of nitrogens with one attached hydrogen (secondary N) is 2. The molecule has 5 rings (SSSR count). The molecule has 5 aromatic rings. The second kappa shape index (κ2) is 8.05. The Kier molecular flexibility index (Phi) is 5.18. The predicted octanol–water partition coefficient (Wildman–Crippen LogP) is 6.74. The van der Waals surface area contributed by atoms with E-state index in [1.54, 1.807) is 30.3 Å². The first kappa shape index (κ1) is 21.2. The van der Waals surface area contributed by atoms with Crippen LogP contribution in [0.25, 0.3) is 33.5 Å². The van der Waals surface area contributed by atoms with E-state index in [4.69, 9.17) is 27.6 Å². The largest absolute Gasteiger partial charge is 0.433 e. The molecule has 0 bridgehead atoms. The number of benzene rings is 2. The van der Waals surface area contributed by atoms with Crippen LogP contribution in [-0.4, -0.2) is 25.1 Å². The van der Waals surface area contributed by atoms with Crippen molar-refractivity contribution in [3.05, 3.63) is 70.8 Å². The van der Waals surface area contributed by atoms with Crippen LogP contribution in [0.3, 0.4) is 0 Å². The molecule has 0 fully saturated rings. The van der Waals surface area contributed by atoms with Crippen LogP contribution in [0, 0.1) is 0 Å². The Balaban J connectivity index is 1.62. The number of H-pyrrole nitrogens is 1. The van der Waals surface area contributed by atoms with E-state index in [1.165, 1.54) is 12.1 Å². The van der Waals surface area contributed by atoms with Gasteiger partial charge in [0, 0.05) is 5.56 Å². The summed E-state index contributed by atoms with van der Waals surface area (Å²) in [6, 6.07) is 11.1. The SMILES string of the molecule is FC(F)(F)c1ncc(Nc2nnco2)cc1-c1ccc2nc(-c3c(Cl)cccc3Cl)[nH]c2c1. The van der Waals surface area contributed by atoms with Gasteiger partial charge in [0.25, 0.3) is 0 Å². The van der Waals surface area contributed by atoms with Gasteiger partial charge in [-0.25, -0.2) is 9.97 Å². The van der Waals surface area contributed by atoms with Crippen molar-refractivity contribution in [3.63, 3.8) is 0 Å². The van der Waals surface area contributed by atoms with Gasteiger partial charge in [-0.05, 0) is 35.9 Å². The molecule has 0 aliphatic carbocycles. The number of anilines is 2. The van der Waals surface area contributed by atoms with Crippen LogP contribution < -0.4 is 5.32 Å². The van der Waals surface area contributed by atoms with E-state index in [2.05, 4.69) is 30.5 Å². The molecule has 0 unspecified atom stereocenters. The molecule has 3 aromatic heterocycles. The standard InChI is InChI=1S/C21H11Cl2F3N6O/c22-13-2-1-3-14(23)17(13)19-30-15-5-4-10(6-16(15)31-19)12-7-11(29-20-32-28-9-33-20)8-27-18(12)21(24,25)26/h1-9H,(H,29,32)(H,30,31). The van der Waals surface area contributed by atoms with E-state index < -0.39 is 11.9 Å². The molecule has 33 heavy (non-hydrogen) atoms. The molecule has 12 heteroatoms. The Morgan fingerprint density at radius 3 is 2.52 bits per heavy atom. The van der Waals surface area contributed by atoms with Gasteiger partial charge in [-0.15, -0.1) is 5.10 Å². The maximum absolute atomic E-state index is 13.7. The Morgan fingerprint density at radius 1 is 1.03 bits per heavy atom. The number of alkyl halides is 3. The highest BCUT2D eigenvalue weighted by Crippen LogP contribution is 2.39. The lowest BCUT2D eigenvalue weighted by atomic mass is 10.0. The molecule has 2 N–H and O–H groups in total. The minimum absolute atomic E-state index is 0.0211. The predicted molar refractivity (Wildman–Crippen MR) is 117 cm³/mol. The van der Waals surface area contributed by atoms with E-state index in [1.807, 2.05) is 0 Å². The second-order valence-electron chi connectivity index (χ2n) is 6.90. The highest BCUT2D eigenvalue weighted by molar-refractivity contribution is 6.39. The number of aromatic nitrogens is 5. The lowest BCUT2D eigenvalue weighted by molar-refractivity contribution is -0.140. The van der Waals surface area contributed by atoms with Gasteiger partial charge in [0.05, 0.1) is 38.5 Å². The minimum Gasteiger partial charge on any atom is -0.411 e. The first-order valence-electron chi connectivity index (χ1n) is 9.34. The lowest BCUT2D eigenvalue weighted by Gasteiger charge is -2.13. The van der Waals surface area contributed by atoms with Crippen molar-refractivity contribution in [2.24, 2.45) is 0 Å². The fraction of sp³-hybridized carbons (Fsp3) is 0.0476. The average Bonchev–Trinajstić information content (AvgIpc) is 3.42. The molecule has 0 saturated heterocycles. The number of hydrogen-bond donors (Lipinski definition) is 2. The first-order valence-corrected chi connectivity index (χ1v) is 10.1. The van der Waals surface area contributed by atoms with Crippen LogP contribution in [0.2, 0.25) is 10.0 Å². The zero-order chi connectivity index (χ0) is 23.2. The number of imidazole rings is 1. The number of halogens is 5. The highest BCUT2D eigenvalue weighted by Gasteiger charge is 2.36. The molecule has 0 aliphatic rings. The van der Waals surface area contributed by atoms with Crippen LogP contribution in [0.5, 0.6) is 0 Å². The normalized spacial score (nSPS) is 11.8. The minimum atomic E-state index is -4.67. The van der Waals surface area contributed by atoms with Crippen molar-refractivity contribution in [2.75, 3.05) is 5.32 Å². The molecule has 3 heterocycles. The van der Waals surface area contributed by atoms with Gasteiger partial charge < -0.3 is 14.7 Å². The molecular weight excluding hydrogens is 480 g/mol. The number of pyridine rings is 1. The van der Waals surface area contributed by atoms with Gasteiger partial charge >= 0.3 is 12.2 Å². The van der Waals surface area contributed by atoms with Crippen LogP contribution in [0.1, 0.15) is 5.69 Å². The van der Waals surface area contributed by atoms with Crippen LogP contribution in [0.4, 0.5) is 24.9 Å². The van der Waals surface area contributed by atoms with Gasteiger partial charge in [-0.1, -0.05) is 40.4 Å². The van der Waals surface area contributed by atoms with E-state index in [0.717, 1.165) is 12.6 Å². The first-order chi connectivity index (χ1) is 15.8. The fourth-order valence-corrected chi connectivity index (χ4v) is 3.93. The maximum Gasteiger partial charge on any atom is 0.433 e. The van der Waals surface area contributed by atoms with E-state index in [0.29, 0.717) is 32.5 Å². The lowest BCUT2D eigenvalue weighted by Crippen LogP contribution is -2.10. The van der Waals surface area contributed by atoms with Gasteiger partial charge in [-0.3, -0.25) is 0 Å². The number of nitrogens with zero attached hydrogens (tertiary/aromatic N) is 4. The third-order valence-corrected chi connectivity index (χ3v) is 5.39. The van der Waals surface area contributed by atoms with Crippen LogP contribution in [0.15, 0.2) is 59.5 Å². The summed E-state index contributed by atoms with van der Waals surface area (Å²) in [5, 5.41) is 10.7. The van der Waals surface area contributed by atoms with Gasteiger partial charge in [0.1, 0.15) is 5.82 Å². The summed E-state index contributed by atoms with van der Waals surface area (Å²) in [4.78, 5) is 11.2. The maximum atomic E-state index is 13.7. The Morgan fingerprint density at radius 2 is 1.82 bits per heavy atom. The second-order valence-corrected chi connectivity index (χ2v) is 7.72. The van der Waals surface area contributed by atoms with Crippen LogP contribution >= 0.6 is 23.2 Å². The third-order valence-electron chi connectivity index (χ3n) is 4.76. The summed E-state index contributed by atoms with van der Waals surface area (Å²) in [7, 11) is 0. The van der Waals surface area contributed by atoms with E-state index >= 15 is 0 Å². The van der Waals surface area contributed by atoms with Crippen molar-refractivity contribution in [1.29, 1.82) is 0 Å². The molecule has 166 valence electrons. The number of rotatable bonds is 4. The number of aromatic amines is 1. The molecule has 2 aromatic carbocycles. The summed E-state index contributed by atoms with van der Waals surface area (Å²) in [5.74, 6) is 0.402. The van der Waals surface area contributed by atoms with Crippen molar-refractivity contribution < 1.29 is 17.6 Å². The summed E-state index contributed by atoms with van der Waals surface area (Å²) in [6.45, 7) is 0. The molecule has 0 radical (unpaired) electrons. The topological polar surface area (TPSA) is 92.5 Å². The fourth-order valence-electron chi connectivity index (χ4n) is 3.35. The third kappa shape index (κ3) is 4.10. The van der Waals surface area contributed by atoms with Crippen molar-refractivity contribution >= 4 is 45.9 Å². The smallest absolute Gasteiger partial charge is 0.411 e. The van der Waals surface area contributed by atoms with Crippen molar-refractivity contribution in [3.8, 4) is 22.5 Å². The van der Waals surface area contributed by atoms with Gasteiger partial charge in [0.15, 0.2) is 5.69 Å².